The van der Waals surface area contributed by atoms with Crippen molar-refractivity contribution in [3.63, 3.8) is 0 Å². The lowest BCUT2D eigenvalue weighted by atomic mass is 10.2. The summed E-state index contributed by atoms with van der Waals surface area (Å²) in [5.74, 6) is 0. The first-order valence-electron chi connectivity index (χ1n) is 5.85. The van der Waals surface area contributed by atoms with E-state index in [2.05, 4.69) is 15.2 Å². The predicted molar refractivity (Wildman–Crippen MR) is 72.5 cm³/mol. The van der Waals surface area contributed by atoms with Crippen molar-refractivity contribution in [2.45, 2.75) is 30.0 Å². The van der Waals surface area contributed by atoms with E-state index >= 15 is 0 Å². The van der Waals surface area contributed by atoms with Gasteiger partial charge < -0.3 is 10.2 Å². The minimum absolute atomic E-state index is 0.174. The highest BCUT2D eigenvalue weighted by Crippen LogP contribution is 2.33. The summed E-state index contributed by atoms with van der Waals surface area (Å²) in [5.41, 5.74) is 0.493. The molecule has 8 heteroatoms. The second-order valence-electron chi connectivity index (χ2n) is 4.46. The maximum atomic E-state index is 11.4. The number of nitrogens with one attached hydrogen (secondary N) is 1. The van der Waals surface area contributed by atoms with Gasteiger partial charge in [-0.25, -0.2) is 18.5 Å². The smallest absolute Gasteiger partial charge is 0.249 e. The number of aryl methyl sites for hydroxylation is 1. The number of nitrogens with two attached hydrogens (primary N) is 1. The molecule has 3 N–H and O–H groups in total. The Kier molecular flexibility index (Phi) is 3.90. The number of likely N-dealkylation sites (N-methyl/N-ethyl adjacent to an activating group) is 1. The van der Waals surface area contributed by atoms with Gasteiger partial charge in [0.15, 0.2) is 9.34 Å². The van der Waals surface area contributed by atoms with Crippen LogP contribution in [0.25, 0.3) is 0 Å². The van der Waals surface area contributed by atoms with Gasteiger partial charge in [-0.1, -0.05) is 11.3 Å². The maximum Gasteiger partial charge on any atom is 0.249 e. The highest BCUT2D eigenvalue weighted by atomic mass is 32.2. The molecule has 1 aromatic rings. The van der Waals surface area contributed by atoms with E-state index in [4.69, 9.17) is 5.14 Å². The largest absolute Gasteiger partial charge is 0.344 e. The van der Waals surface area contributed by atoms with E-state index in [0.717, 1.165) is 31.1 Å². The molecule has 0 saturated carbocycles. The van der Waals surface area contributed by atoms with Gasteiger partial charge in [-0.2, -0.15) is 0 Å². The zero-order chi connectivity index (χ0) is 13.3. The molecule has 1 saturated heterocycles. The van der Waals surface area contributed by atoms with Crippen molar-refractivity contribution in [2.24, 2.45) is 5.14 Å². The molecular weight excluding hydrogens is 272 g/mol. The van der Waals surface area contributed by atoms with Crippen molar-refractivity contribution in [3.05, 3.63) is 5.69 Å². The number of nitrogens with zero attached hydrogens (tertiary/aromatic N) is 2. The number of rotatable bonds is 4. The summed E-state index contributed by atoms with van der Waals surface area (Å²) in [4.78, 5) is 6.52. The van der Waals surface area contributed by atoms with Gasteiger partial charge in [-0.05, 0) is 26.8 Å². The van der Waals surface area contributed by atoms with Crippen LogP contribution in [0.15, 0.2) is 4.21 Å². The second kappa shape index (κ2) is 5.12. The van der Waals surface area contributed by atoms with Gasteiger partial charge in [0.05, 0.1) is 5.69 Å². The molecular formula is C10H18N4O2S2. The monoisotopic (exact) mass is 290 g/mol. The molecule has 1 atom stereocenters. The zero-order valence-corrected chi connectivity index (χ0v) is 12.1. The molecule has 0 aliphatic carbocycles. The van der Waals surface area contributed by atoms with E-state index in [1.165, 1.54) is 11.3 Å². The molecule has 2 rings (SSSR count). The molecule has 1 aliphatic rings. The van der Waals surface area contributed by atoms with Gasteiger partial charge in [0.25, 0.3) is 0 Å². The van der Waals surface area contributed by atoms with Crippen LogP contribution >= 0.6 is 11.3 Å². The second-order valence-corrected chi connectivity index (χ2v) is 7.20. The molecule has 0 amide bonds. The van der Waals surface area contributed by atoms with Crippen LogP contribution in [0, 0.1) is 6.92 Å². The molecule has 1 aromatic heterocycles. The fraction of sp³-hybridized carbons (Fsp3) is 0.700. The number of sulfonamides is 1. The van der Waals surface area contributed by atoms with Gasteiger partial charge in [-0.3, -0.25) is 0 Å². The molecule has 0 bridgehead atoms. The van der Waals surface area contributed by atoms with Gasteiger partial charge >= 0.3 is 0 Å². The minimum atomic E-state index is -3.66. The van der Waals surface area contributed by atoms with E-state index in [1.54, 1.807) is 6.92 Å². The van der Waals surface area contributed by atoms with E-state index in [1.807, 2.05) is 7.05 Å². The standard InChI is InChI=1S/C10H18N4O2S2/c1-7-9(18(11,15)16)17-10(13-7)14-5-3-4-8(14)6-12-2/h8,12H,3-6H2,1-2H3,(H2,11,15,16). The summed E-state index contributed by atoms with van der Waals surface area (Å²) in [7, 11) is -1.74. The molecule has 2 heterocycles. The lowest BCUT2D eigenvalue weighted by Gasteiger charge is -2.23. The lowest BCUT2D eigenvalue weighted by Crippen LogP contribution is -2.36. The number of aromatic nitrogens is 1. The van der Waals surface area contributed by atoms with Crippen LogP contribution in [0.3, 0.4) is 0 Å². The third-order valence-electron chi connectivity index (χ3n) is 3.06. The fourth-order valence-electron chi connectivity index (χ4n) is 2.29. The topological polar surface area (TPSA) is 88.3 Å². The molecule has 102 valence electrons. The van der Waals surface area contributed by atoms with E-state index < -0.39 is 10.0 Å². The summed E-state index contributed by atoms with van der Waals surface area (Å²) in [6.45, 7) is 3.48. The van der Waals surface area contributed by atoms with Crippen LogP contribution < -0.4 is 15.4 Å². The Labute approximate surface area is 111 Å². The van der Waals surface area contributed by atoms with Gasteiger partial charge in [0, 0.05) is 19.1 Å². The summed E-state index contributed by atoms with van der Waals surface area (Å²) < 4.78 is 23.0. The van der Waals surface area contributed by atoms with Gasteiger partial charge in [0.1, 0.15) is 0 Å². The van der Waals surface area contributed by atoms with E-state index in [-0.39, 0.29) is 4.21 Å². The fourth-order valence-corrected chi connectivity index (χ4v) is 4.34. The zero-order valence-electron chi connectivity index (χ0n) is 10.5. The Morgan fingerprint density at radius 3 is 2.89 bits per heavy atom. The van der Waals surface area contributed by atoms with E-state index in [9.17, 15) is 8.42 Å². The number of anilines is 1. The van der Waals surface area contributed by atoms with Crippen molar-refractivity contribution in [3.8, 4) is 0 Å². The molecule has 1 unspecified atom stereocenters. The summed E-state index contributed by atoms with van der Waals surface area (Å²) in [6, 6.07) is 0.383. The van der Waals surface area contributed by atoms with Crippen LogP contribution in [0.4, 0.5) is 5.13 Å². The van der Waals surface area contributed by atoms with Gasteiger partial charge in [-0.15, -0.1) is 0 Å². The molecule has 1 aliphatic heterocycles. The molecule has 0 radical (unpaired) electrons. The van der Waals surface area contributed by atoms with Crippen molar-refractivity contribution in [1.29, 1.82) is 0 Å². The van der Waals surface area contributed by atoms with Gasteiger partial charge in [0.2, 0.25) is 10.0 Å². The lowest BCUT2D eigenvalue weighted by molar-refractivity contribution is 0.599. The van der Waals surface area contributed by atoms with E-state index in [0.29, 0.717) is 11.7 Å². The average Bonchev–Trinajstić information content (AvgIpc) is 2.83. The maximum absolute atomic E-state index is 11.4. The van der Waals surface area contributed by atoms with Crippen LogP contribution in [-0.2, 0) is 10.0 Å². The van der Waals surface area contributed by atoms with Crippen molar-refractivity contribution >= 4 is 26.5 Å². The number of hydrogen-bond donors (Lipinski definition) is 2. The SMILES string of the molecule is CNCC1CCCN1c1nc(C)c(S(N)(=O)=O)s1. The third-order valence-corrected chi connectivity index (χ3v) is 5.81. The molecule has 0 spiro atoms. The summed E-state index contributed by atoms with van der Waals surface area (Å²) >= 11 is 1.17. The average molecular weight is 290 g/mol. The Hall–Kier alpha value is -0.700. The Bertz CT molecular complexity index is 526. The Morgan fingerprint density at radius 1 is 1.61 bits per heavy atom. The Balaban J connectivity index is 2.29. The normalized spacial score (nSPS) is 20.6. The molecule has 18 heavy (non-hydrogen) atoms. The first-order chi connectivity index (χ1) is 8.43. The first kappa shape index (κ1) is 13.7. The van der Waals surface area contributed by atoms with Crippen LogP contribution in [0.5, 0.6) is 0 Å². The Morgan fingerprint density at radius 2 is 2.33 bits per heavy atom. The van der Waals surface area contributed by atoms with Crippen LogP contribution in [0.2, 0.25) is 0 Å². The minimum Gasteiger partial charge on any atom is -0.344 e. The van der Waals surface area contributed by atoms with Crippen molar-refractivity contribution in [1.82, 2.24) is 10.3 Å². The van der Waals surface area contributed by atoms with Crippen molar-refractivity contribution < 1.29 is 8.42 Å². The highest BCUT2D eigenvalue weighted by molar-refractivity contribution is 7.91. The quantitative estimate of drug-likeness (QED) is 0.832. The molecule has 6 nitrogen and oxygen atoms in total. The summed E-state index contributed by atoms with van der Waals surface area (Å²) in [5, 5.41) is 9.09. The first-order valence-corrected chi connectivity index (χ1v) is 8.21. The molecule has 1 fully saturated rings. The van der Waals surface area contributed by atoms with Crippen LogP contribution in [-0.4, -0.2) is 39.6 Å². The van der Waals surface area contributed by atoms with Crippen LogP contribution in [0.1, 0.15) is 18.5 Å². The molecule has 0 aromatic carbocycles. The number of primary sulfonamides is 1. The van der Waals surface area contributed by atoms with Crippen molar-refractivity contribution in [2.75, 3.05) is 25.0 Å². The predicted octanol–water partition coefficient (Wildman–Crippen LogP) is 0.287. The number of thiazole rings is 1. The summed E-state index contributed by atoms with van der Waals surface area (Å²) in [6.07, 6.45) is 2.21. The number of hydrogen-bond acceptors (Lipinski definition) is 6. The highest BCUT2D eigenvalue weighted by Gasteiger charge is 2.28. The third kappa shape index (κ3) is 2.66.